The molecule has 134 valence electrons. The fraction of sp³-hybridized carbons (Fsp3) is 0.0476. The van der Waals surface area contributed by atoms with E-state index in [9.17, 15) is 14.7 Å². The van der Waals surface area contributed by atoms with Crippen LogP contribution in [0.1, 0.15) is 27.4 Å². The van der Waals surface area contributed by atoms with Crippen molar-refractivity contribution in [1.29, 1.82) is 0 Å². The topological polar surface area (TPSA) is 87.7 Å². The van der Waals surface area contributed by atoms with Gasteiger partial charge >= 0.3 is 0 Å². The number of fused-ring (bicyclic) bond motifs is 2. The van der Waals surface area contributed by atoms with Crippen molar-refractivity contribution in [2.24, 2.45) is 0 Å². The monoisotopic (exact) mass is 360 g/mol. The number of para-hydroxylation sites is 2. The molecule has 0 spiro atoms. The number of amides is 2. The fourth-order valence-corrected chi connectivity index (χ4v) is 3.10. The van der Waals surface area contributed by atoms with Crippen molar-refractivity contribution in [1.82, 2.24) is 10.9 Å². The molecule has 0 saturated heterocycles. The van der Waals surface area contributed by atoms with Crippen molar-refractivity contribution < 1.29 is 19.4 Å². The van der Waals surface area contributed by atoms with Gasteiger partial charge in [0.05, 0.1) is 5.92 Å². The number of phenolic OH excluding ortho intramolecular Hbond substituents is 1. The van der Waals surface area contributed by atoms with Crippen LogP contribution in [0.4, 0.5) is 0 Å². The molecule has 0 aromatic heterocycles. The van der Waals surface area contributed by atoms with E-state index >= 15 is 0 Å². The number of nitrogens with one attached hydrogen (secondary N) is 2. The average Bonchev–Trinajstić information content (AvgIpc) is 2.70. The third-order valence-corrected chi connectivity index (χ3v) is 4.35. The molecule has 3 aromatic rings. The summed E-state index contributed by atoms with van der Waals surface area (Å²) in [6.45, 7) is 0. The first kappa shape index (κ1) is 16.7. The summed E-state index contributed by atoms with van der Waals surface area (Å²) in [5, 5.41) is 9.48. The molecule has 0 fully saturated rings. The van der Waals surface area contributed by atoms with E-state index in [0.717, 1.165) is 11.1 Å². The molecule has 0 aliphatic carbocycles. The number of hydrogen-bond donors (Lipinski definition) is 3. The maximum Gasteiger partial charge on any atom is 0.269 e. The minimum Gasteiger partial charge on any atom is -0.508 e. The normalized spacial score (nSPS) is 12.3. The van der Waals surface area contributed by atoms with E-state index in [0.29, 0.717) is 11.5 Å². The summed E-state index contributed by atoms with van der Waals surface area (Å²) in [4.78, 5) is 25.1. The summed E-state index contributed by atoms with van der Waals surface area (Å²) in [7, 11) is 0. The molecular weight excluding hydrogens is 344 g/mol. The van der Waals surface area contributed by atoms with Crippen LogP contribution in [0, 0.1) is 0 Å². The molecule has 6 heteroatoms. The van der Waals surface area contributed by atoms with Crippen LogP contribution in [-0.2, 0) is 4.79 Å². The molecule has 4 rings (SSSR count). The Balaban J connectivity index is 1.58. The Kier molecular flexibility index (Phi) is 4.22. The zero-order chi connectivity index (χ0) is 18.8. The van der Waals surface area contributed by atoms with Gasteiger partial charge in [-0.05, 0) is 30.3 Å². The van der Waals surface area contributed by atoms with Crippen LogP contribution < -0.4 is 15.6 Å². The van der Waals surface area contributed by atoms with Crippen molar-refractivity contribution in [2.45, 2.75) is 5.92 Å². The van der Waals surface area contributed by atoms with Gasteiger partial charge in [0, 0.05) is 16.7 Å². The molecule has 0 radical (unpaired) electrons. The SMILES string of the molecule is O=C(NNC(=O)C1c2ccccc2Oc2ccccc21)c1cccc(O)c1. The summed E-state index contributed by atoms with van der Waals surface area (Å²) in [5.41, 5.74) is 6.55. The Morgan fingerprint density at radius 2 is 1.44 bits per heavy atom. The lowest BCUT2D eigenvalue weighted by Crippen LogP contribution is -2.44. The Morgan fingerprint density at radius 3 is 2.07 bits per heavy atom. The molecule has 1 heterocycles. The Hall–Kier alpha value is -3.80. The number of benzene rings is 3. The van der Waals surface area contributed by atoms with Gasteiger partial charge in [-0.25, -0.2) is 0 Å². The van der Waals surface area contributed by atoms with Gasteiger partial charge in [-0.1, -0.05) is 42.5 Å². The predicted octanol–water partition coefficient (Wildman–Crippen LogP) is 3.09. The number of carbonyl (C=O) groups excluding carboxylic acids is 2. The molecule has 6 nitrogen and oxygen atoms in total. The first-order chi connectivity index (χ1) is 13.1. The van der Waals surface area contributed by atoms with Gasteiger partial charge < -0.3 is 9.84 Å². The quantitative estimate of drug-likeness (QED) is 0.613. The summed E-state index contributed by atoms with van der Waals surface area (Å²) in [6.07, 6.45) is 0. The predicted molar refractivity (Wildman–Crippen MR) is 98.5 cm³/mol. The second-order valence-corrected chi connectivity index (χ2v) is 6.10. The number of phenols is 1. The van der Waals surface area contributed by atoms with Crippen molar-refractivity contribution in [3.05, 3.63) is 89.5 Å². The Bertz CT molecular complexity index is 986. The first-order valence-electron chi connectivity index (χ1n) is 8.38. The van der Waals surface area contributed by atoms with Gasteiger partial charge in [-0.2, -0.15) is 0 Å². The van der Waals surface area contributed by atoms with E-state index in [1.54, 1.807) is 24.3 Å². The van der Waals surface area contributed by atoms with E-state index < -0.39 is 11.8 Å². The average molecular weight is 360 g/mol. The highest BCUT2D eigenvalue weighted by Gasteiger charge is 2.32. The van der Waals surface area contributed by atoms with Gasteiger partial charge in [0.25, 0.3) is 11.8 Å². The zero-order valence-corrected chi connectivity index (χ0v) is 14.2. The third kappa shape index (κ3) is 3.20. The smallest absolute Gasteiger partial charge is 0.269 e. The van der Waals surface area contributed by atoms with Crippen LogP contribution in [0.25, 0.3) is 0 Å². The van der Waals surface area contributed by atoms with Gasteiger partial charge in [0.2, 0.25) is 0 Å². The van der Waals surface area contributed by atoms with Crippen LogP contribution in [-0.4, -0.2) is 16.9 Å². The van der Waals surface area contributed by atoms with Crippen molar-refractivity contribution in [3.63, 3.8) is 0 Å². The molecule has 1 aliphatic rings. The first-order valence-corrected chi connectivity index (χ1v) is 8.38. The minimum atomic E-state index is -0.615. The molecular formula is C21H16N2O4. The lowest BCUT2D eigenvalue weighted by molar-refractivity contribution is -0.122. The van der Waals surface area contributed by atoms with E-state index in [1.807, 2.05) is 36.4 Å². The molecule has 0 bridgehead atoms. The van der Waals surface area contributed by atoms with Crippen molar-refractivity contribution >= 4 is 11.8 Å². The number of hydrazine groups is 1. The van der Waals surface area contributed by atoms with Crippen molar-refractivity contribution in [3.8, 4) is 17.2 Å². The lowest BCUT2D eigenvalue weighted by atomic mass is 9.87. The number of aromatic hydroxyl groups is 1. The fourth-order valence-electron chi connectivity index (χ4n) is 3.10. The summed E-state index contributed by atoms with van der Waals surface area (Å²) < 4.78 is 5.87. The van der Waals surface area contributed by atoms with Crippen LogP contribution in [0.3, 0.4) is 0 Å². The van der Waals surface area contributed by atoms with Gasteiger partial charge in [0.1, 0.15) is 17.2 Å². The molecule has 0 unspecified atom stereocenters. The van der Waals surface area contributed by atoms with Gasteiger partial charge in [-0.3, -0.25) is 20.4 Å². The molecule has 0 saturated carbocycles. The van der Waals surface area contributed by atoms with Crippen molar-refractivity contribution in [2.75, 3.05) is 0 Å². The largest absolute Gasteiger partial charge is 0.508 e. The summed E-state index contributed by atoms with van der Waals surface area (Å²) in [5.74, 6) is -0.331. The number of rotatable bonds is 2. The number of carbonyl (C=O) groups is 2. The number of ether oxygens (including phenoxy) is 1. The molecule has 1 aliphatic heterocycles. The molecule has 0 atom stereocenters. The van der Waals surface area contributed by atoms with Gasteiger partial charge in [0.15, 0.2) is 0 Å². The molecule has 3 N–H and O–H groups in total. The summed E-state index contributed by atoms with van der Waals surface area (Å²) in [6, 6.07) is 20.5. The zero-order valence-electron chi connectivity index (χ0n) is 14.2. The second kappa shape index (κ2) is 6.84. The molecule has 3 aromatic carbocycles. The Morgan fingerprint density at radius 1 is 0.815 bits per heavy atom. The molecule has 2 amide bonds. The highest BCUT2D eigenvalue weighted by molar-refractivity contribution is 5.97. The highest BCUT2D eigenvalue weighted by Crippen LogP contribution is 2.43. The minimum absolute atomic E-state index is 0.0266. The third-order valence-electron chi connectivity index (χ3n) is 4.35. The standard InChI is InChI=1S/C21H16N2O4/c24-14-7-5-6-13(12-14)20(25)22-23-21(26)19-15-8-1-3-10-17(15)27-18-11-4-2-9-16(18)19/h1-12,19,24H,(H,22,25)(H,23,26). The Labute approximate surface area is 155 Å². The van der Waals surface area contributed by atoms with Gasteiger partial charge in [-0.15, -0.1) is 0 Å². The second-order valence-electron chi connectivity index (χ2n) is 6.10. The molecule has 27 heavy (non-hydrogen) atoms. The maximum absolute atomic E-state index is 12.9. The van der Waals surface area contributed by atoms with Crippen LogP contribution in [0.5, 0.6) is 17.2 Å². The van der Waals surface area contributed by atoms with Crippen LogP contribution in [0.2, 0.25) is 0 Å². The van der Waals surface area contributed by atoms with E-state index in [-0.39, 0.29) is 17.2 Å². The number of hydrogen-bond acceptors (Lipinski definition) is 4. The van der Waals surface area contributed by atoms with E-state index in [1.165, 1.54) is 12.1 Å². The maximum atomic E-state index is 12.9. The van der Waals surface area contributed by atoms with E-state index in [2.05, 4.69) is 10.9 Å². The van der Waals surface area contributed by atoms with E-state index in [4.69, 9.17) is 4.74 Å². The van der Waals surface area contributed by atoms with Crippen LogP contribution >= 0.6 is 0 Å². The highest BCUT2D eigenvalue weighted by atomic mass is 16.5. The van der Waals surface area contributed by atoms with Crippen LogP contribution in [0.15, 0.2) is 72.8 Å². The summed E-state index contributed by atoms with van der Waals surface area (Å²) >= 11 is 0. The lowest BCUT2D eigenvalue weighted by Gasteiger charge is -2.27.